The predicted molar refractivity (Wildman–Crippen MR) is 377 cm³/mol. The van der Waals surface area contributed by atoms with Gasteiger partial charge in [-0.25, -0.2) is 29.9 Å². The molecule has 0 radical (unpaired) electrons. The fraction of sp³-hybridized carbons (Fsp3) is 0.426. The Morgan fingerprint density at radius 2 is 0.825 bits per heavy atom. The molecule has 0 saturated carbocycles. The first kappa shape index (κ1) is 68.1. The Labute approximate surface area is 588 Å². The number of carbonyl (C=O) groups is 3. The Kier molecular flexibility index (Phi) is 20.8. The molecule has 6 aliphatic rings. The number of hydrogen-bond acceptors (Lipinski definition) is 20. The number of benzene rings is 3. The summed E-state index contributed by atoms with van der Waals surface area (Å²) in [7, 11) is 0. The molecule has 510 valence electrons. The van der Waals surface area contributed by atoms with Gasteiger partial charge in [-0.1, -0.05) is 34.8 Å². The molecule has 3 aromatic carbocycles. The van der Waals surface area contributed by atoms with Gasteiger partial charge in [0.2, 0.25) is 5.91 Å². The second kappa shape index (κ2) is 29.6. The van der Waals surface area contributed by atoms with Crippen molar-refractivity contribution >= 4 is 138 Å². The monoisotopic (exact) mass is 1430 g/mol. The minimum absolute atomic E-state index is 0.152. The summed E-state index contributed by atoms with van der Waals surface area (Å²) < 4.78 is 23.7. The molecule has 6 aliphatic heterocycles. The van der Waals surface area contributed by atoms with Gasteiger partial charge in [-0.05, 0) is 177 Å². The molecule has 23 nitrogen and oxygen atoms in total. The first-order chi connectivity index (χ1) is 46.8. The van der Waals surface area contributed by atoms with E-state index in [9.17, 15) is 24.6 Å². The highest BCUT2D eigenvalue weighted by Crippen LogP contribution is 2.45. The highest BCUT2D eigenvalue weighted by molar-refractivity contribution is 7.99. The van der Waals surface area contributed by atoms with Crippen molar-refractivity contribution in [1.82, 2.24) is 58.3 Å². The maximum Gasteiger partial charge on any atom is 0.251 e. The van der Waals surface area contributed by atoms with Gasteiger partial charge in [0.15, 0.2) is 32.9 Å². The summed E-state index contributed by atoms with van der Waals surface area (Å²) in [6.45, 7) is 13.3. The van der Waals surface area contributed by atoms with Crippen LogP contribution in [0.1, 0.15) is 76.0 Å². The normalized spacial score (nSPS) is 18.3. The van der Waals surface area contributed by atoms with Crippen LogP contribution in [-0.2, 0) is 53.3 Å². The van der Waals surface area contributed by atoms with Crippen LogP contribution in [-0.4, -0.2) is 158 Å². The topological polar surface area (TPSA) is 299 Å². The maximum absolute atomic E-state index is 12.1. The third-order valence-corrected chi connectivity index (χ3v) is 23.2. The molecule has 12 heterocycles. The average Bonchev–Trinajstić information content (AvgIpc) is 1.64. The van der Waals surface area contributed by atoms with Crippen molar-refractivity contribution in [1.29, 1.82) is 0 Å². The van der Waals surface area contributed by atoms with Gasteiger partial charge >= 0.3 is 0 Å². The lowest BCUT2D eigenvalue weighted by Crippen LogP contribution is -2.36. The van der Waals surface area contributed by atoms with Gasteiger partial charge < -0.3 is 70.0 Å². The number of rotatable bonds is 17. The zero-order chi connectivity index (χ0) is 67.8. The van der Waals surface area contributed by atoms with E-state index in [1.165, 1.54) is 49.1 Å². The van der Waals surface area contributed by atoms with E-state index in [1.807, 2.05) is 59.5 Å². The SMILES string of the molecule is CC(=O)N1CCC(CCn2c(Sc3cc4c(cc3Cl)CCO4)nc3c(N)nccc32)C1.C[C@@H](O)C(=O)N1CCC(CCn2c(Sc3cc4c(cc3Cl)CCO4)nc3c(N)nccc32)C1.C[C@H](O)C(=O)N1CCC(CCn2c(Sc3cc4c(cc3Cl)CCO4)nc3c(N)nccc32)C1. The van der Waals surface area contributed by atoms with Crippen LogP contribution in [0, 0.1) is 17.8 Å². The molecule has 15 rings (SSSR count). The Balaban J connectivity index is 0.000000131. The predicted octanol–water partition coefficient (Wildman–Crippen LogP) is 10.8. The molecule has 3 fully saturated rings. The number of aromatic nitrogens is 9. The van der Waals surface area contributed by atoms with Gasteiger partial charge in [-0.3, -0.25) is 14.4 Å². The minimum atomic E-state index is -0.958. The zero-order valence-corrected chi connectivity index (χ0v) is 58.7. The van der Waals surface area contributed by atoms with E-state index >= 15 is 0 Å². The van der Waals surface area contributed by atoms with E-state index in [-0.39, 0.29) is 17.7 Å². The van der Waals surface area contributed by atoms with Crippen molar-refractivity contribution in [3.8, 4) is 17.2 Å². The maximum atomic E-state index is 12.1. The van der Waals surface area contributed by atoms with Crippen molar-refractivity contribution in [2.75, 3.05) is 76.3 Å². The summed E-state index contributed by atoms with van der Waals surface area (Å²) >= 11 is 24.3. The van der Waals surface area contributed by atoms with Crippen LogP contribution in [0.4, 0.5) is 17.5 Å². The number of nitrogens with zero attached hydrogens (tertiary/aromatic N) is 12. The molecule has 0 aliphatic carbocycles. The molecule has 9 aromatic rings. The van der Waals surface area contributed by atoms with Crippen molar-refractivity contribution in [3.05, 3.63) is 105 Å². The summed E-state index contributed by atoms with van der Waals surface area (Å²) in [4.78, 5) is 71.0. The molecular weight excluding hydrogens is 1360 g/mol. The molecule has 3 unspecified atom stereocenters. The van der Waals surface area contributed by atoms with Crippen LogP contribution >= 0.6 is 70.1 Å². The van der Waals surface area contributed by atoms with E-state index in [2.05, 4.69) is 28.7 Å². The average molecular weight is 1430 g/mol. The standard InChI is InChI=1S/2C23H26ClN5O3S.C22H24ClN5O2S/c2*1-13(30)22(31)28-7-3-14(12-28)4-8-29-17-2-6-26-21(25)20(17)27-23(29)33-19-11-18-15(5-9-32-18)10-16(19)24;1-13(29)27-7-3-14(12-27)4-8-28-17-2-6-25-21(24)20(17)26-22(28)31-19-11-18-15(5-9-30-18)10-16(19)23/h2*2,6,10-11,13-14,30H,3-5,7-9,12H2,1H3,(H2,25,26);2,6,10-11,14H,3-5,7-9,12H2,1H3,(H2,24,25)/t2*13-,14?;/m10./s1. The molecule has 6 aromatic heterocycles. The largest absolute Gasteiger partial charge is 0.493 e. The van der Waals surface area contributed by atoms with Gasteiger partial charge in [0, 0.05) is 118 Å². The molecule has 97 heavy (non-hydrogen) atoms. The second-order valence-corrected chi connectivity index (χ2v) is 29.6. The van der Waals surface area contributed by atoms with Gasteiger partial charge in [-0.2, -0.15) is 0 Å². The number of imidazole rings is 3. The second-order valence-electron chi connectivity index (χ2n) is 25.3. The zero-order valence-electron chi connectivity index (χ0n) is 54.0. The number of pyridine rings is 3. The van der Waals surface area contributed by atoms with Gasteiger partial charge in [-0.15, -0.1) is 0 Å². The molecular formula is C68H76Cl3N15O8S3. The van der Waals surface area contributed by atoms with Crippen molar-refractivity contribution < 1.29 is 38.8 Å². The number of halogens is 3. The Bertz CT molecular complexity index is 4290. The Hall–Kier alpha value is -7.43. The first-order valence-corrected chi connectivity index (χ1v) is 36.3. The van der Waals surface area contributed by atoms with Crippen LogP contribution in [0.5, 0.6) is 17.2 Å². The number of fused-ring (bicyclic) bond motifs is 6. The third kappa shape index (κ3) is 15.0. The summed E-state index contributed by atoms with van der Waals surface area (Å²) in [6.07, 6.45) is 11.4. The lowest BCUT2D eigenvalue weighted by Gasteiger charge is -2.18. The highest BCUT2D eigenvalue weighted by Gasteiger charge is 2.32. The number of nitrogen functional groups attached to an aromatic ring is 3. The molecule has 29 heteroatoms. The van der Waals surface area contributed by atoms with Crippen molar-refractivity contribution in [2.24, 2.45) is 17.8 Å². The number of aryl methyl sites for hydroxylation is 3. The van der Waals surface area contributed by atoms with Crippen molar-refractivity contribution in [3.63, 3.8) is 0 Å². The minimum Gasteiger partial charge on any atom is -0.493 e. The van der Waals surface area contributed by atoms with Crippen molar-refractivity contribution in [2.45, 2.75) is 141 Å². The molecule has 5 atom stereocenters. The van der Waals surface area contributed by atoms with E-state index < -0.39 is 12.2 Å². The van der Waals surface area contributed by atoms with Crippen LogP contribution in [0.3, 0.4) is 0 Å². The molecule has 3 amide bonds. The number of nitrogens with two attached hydrogens (primary N) is 3. The number of aliphatic hydroxyl groups is 2. The smallest absolute Gasteiger partial charge is 0.251 e. The summed E-state index contributed by atoms with van der Waals surface area (Å²) in [5.41, 5.74) is 26.6. The lowest BCUT2D eigenvalue weighted by molar-refractivity contribution is -0.138. The van der Waals surface area contributed by atoms with E-state index in [1.54, 1.807) is 35.3 Å². The summed E-state index contributed by atoms with van der Waals surface area (Å²) in [6, 6.07) is 17.7. The number of likely N-dealkylation sites (tertiary alicyclic amines) is 3. The quantitative estimate of drug-likeness (QED) is 0.0566. The van der Waals surface area contributed by atoms with Crippen LogP contribution < -0.4 is 31.4 Å². The summed E-state index contributed by atoms with van der Waals surface area (Å²) in [5.74, 6) is 4.81. The van der Waals surface area contributed by atoms with E-state index in [0.717, 1.165) is 171 Å². The number of carbonyl (C=O) groups excluding carboxylic acids is 3. The molecule has 0 spiro atoms. The number of ether oxygens (including phenoxy) is 3. The number of amides is 3. The Morgan fingerprint density at radius 3 is 1.12 bits per heavy atom. The van der Waals surface area contributed by atoms with Crippen LogP contribution in [0.2, 0.25) is 15.1 Å². The van der Waals surface area contributed by atoms with E-state index in [0.29, 0.717) is 113 Å². The third-order valence-electron chi connectivity index (χ3n) is 18.7. The Morgan fingerprint density at radius 1 is 0.515 bits per heavy atom. The first-order valence-electron chi connectivity index (χ1n) is 32.7. The molecule has 3 saturated heterocycles. The van der Waals surface area contributed by atoms with E-state index in [4.69, 9.17) is 81.2 Å². The molecule has 8 N–H and O–H groups in total. The number of anilines is 3. The highest BCUT2D eigenvalue weighted by atomic mass is 35.5. The number of aliphatic hydroxyl groups excluding tert-OH is 2. The van der Waals surface area contributed by atoms with Gasteiger partial charge in [0.05, 0.1) is 51.4 Å². The van der Waals surface area contributed by atoms with Gasteiger partial charge in [0.1, 0.15) is 46.0 Å². The fourth-order valence-electron chi connectivity index (χ4n) is 13.4. The van der Waals surface area contributed by atoms with Gasteiger partial charge in [0.25, 0.3) is 11.8 Å². The van der Waals surface area contributed by atoms with Crippen LogP contribution in [0.25, 0.3) is 33.1 Å². The lowest BCUT2D eigenvalue weighted by atomic mass is 10.1. The van der Waals surface area contributed by atoms with Crippen LogP contribution in [0.15, 0.2) is 103 Å². The summed E-state index contributed by atoms with van der Waals surface area (Å²) in [5, 5.41) is 23.7. The molecule has 0 bridgehead atoms. The number of hydrogen-bond donors (Lipinski definition) is 5. The fourth-order valence-corrected chi connectivity index (χ4v) is 17.2.